The summed E-state index contributed by atoms with van der Waals surface area (Å²) in [5.74, 6) is 2.07. The molecule has 24 heavy (non-hydrogen) atoms. The molecule has 0 aliphatic rings. The van der Waals surface area contributed by atoms with E-state index in [4.69, 9.17) is 4.52 Å². The van der Waals surface area contributed by atoms with Gasteiger partial charge in [0.15, 0.2) is 11.7 Å². The van der Waals surface area contributed by atoms with E-state index in [1.165, 1.54) is 9.75 Å². The monoisotopic (exact) mass is 348 g/mol. The van der Waals surface area contributed by atoms with Crippen molar-refractivity contribution in [2.75, 3.05) is 6.54 Å². The van der Waals surface area contributed by atoms with Gasteiger partial charge in [-0.15, -0.1) is 11.3 Å². The first-order valence-corrected chi connectivity index (χ1v) is 9.50. The van der Waals surface area contributed by atoms with Gasteiger partial charge in [-0.1, -0.05) is 19.0 Å². The zero-order valence-electron chi connectivity index (χ0n) is 15.1. The van der Waals surface area contributed by atoms with E-state index in [2.05, 4.69) is 60.6 Å². The third-order valence-corrected chi connectivity index (χ3v) is 4.95. The van der Waals surface area contributed by atoms with Gasteiger partial charge in [0.2, 0.25) is 0 Å². The third kappa shape index (κ3) is 5.37. The number of aliphatic imine (C=N–C) groups is 1. The van der Waals surface area contributed by atoms with Crippen LogP contribution in [0.15, 0.2) is 27.7 Å². The van der Waals surface area contributed by atoms with Crippen LogP contribution in [0.4, 0.5) is 0 Å². The quantitative estimate of drug-likeness (QED) is 0.554. The summed E-state index contributed by atoms with van der Waals surface area (Å²) in [7, 11) is 0. The second-order valence-corrected chi connectivity index (χ2v) is 7.17. The molecular weight excluding hydrogens is 320 g/mol. The normalized spacial score (nSPS) is 12.0. The molecule has 0 saturated carbocycles. The summed E-state index contributed by atoms with van der Waals surface area (Å²) < 4.78 is 5.43. The molecule has 0 unspecified atom stereocenters. The van der Waals surface area contributed by atoms with Crippen molar-refractivity contribution in [3.05, 3.63) is 39.4 Å². The maximum absolute atomic E-state index is 5.43. The average molecular weight is 349 g/mol. The Kier molecular flexibility index (Phi) is 7.31. The van der Waals surface area contributed by atoms with E-state index < -0.39 is 0 Å². The molecule has 132 valence electrons. The predicted molar refractivity (Wildman–Crippen MR) is 101 cm³/mol. The van der Waals surface area contributed by atoms with Crippen LogP contribution < -0.4 is 10.6 Å². The number of thiophene rings is 1. The highest BCUT2D eigenvalue weighted by Gasteiger charge is 2.12. The first-order valence-electron chi connectivity index (χ1n) is 8.69. The SMILES string of the molecule is CCNC(=NCc1cc(C(CC)CC)no1)NCc1ccc(C)s1. The Bertz CT molecular complexity index is 643. The smallest absolute Gasteiger partial charge is 0.191 e. The lowest BCUT2D eigenvalue weighted by molar-refractivity contribution is 0.372. The van der Waals surface area contributed by atoms with E-state index in [9.17, 15) is 0 Å². The van der Waals surface area contributed by atoms with Crippen molar-refractivity contribution >= 4 is 17.3 Å². The molecule has 0 aliphatic heterocycles. The van der Waals surface area contributed by atoms with Gasteiger partial charge < -0.3 is 15.2 Å². The van der Waals surface area contributed by atoms with Gasteiger partial charge in [-0.25, -0.2) is 4.99 Å². The van der Waals surface area contributed by atoms with Crippen molar-refractivity contribution < 1.29 is 4.52 Å². The molecule has 0 fully saturated rings. The Hall–Kier alpha value is -1.82. The molecule has 0 spiro atoms. The van der Waals surface area contributed by atoms with Crippen molar-refractivity contribution in [3.63, 3.8) is 0 Å². The van der Waals surface area contributed by atoms with Gasteiger partial charge in [0, 0.05) is 28.3 Å². The summed E-state index contributed by atoms with van der Waals surface area (Å²) in [4.78, 5) is 7.22. The van der Waals surface area contributed by atoms with Crippen LogP contribution in [0.3, 0.4) is 0 Å². The van der Waals surface area contributed by atoms with Gasteiger partial charge in [-0.2, -0.15) is 0 Å². The average Bonchev–Trinajstić information content (AvgIpc) is 3.21. The number of rotatable bonds is 8. The molecule has 0 saturated heterocycles. The van der Waals surface area contributed by atoms with Gasteiger partial charge in [-0.05, 0) is 38.8 Å². The number of hydrogen-bond donors (Lipinski definition) is 2. The number of aromatic nitrogens is 1. The van der Waals surface area contributed by atoms with Crippen LogP contribution in [-0.4, -0.2) is 17.7 Å². The predicted octanol–water partition coefficient (Wildman–Crippen LogP) is 4.20. The largest absolute Gasteiger partial charge is 0.359 e. The first-order chi connectivity index (χ1) is 11.7. The van der Waals surface area contributed by atoms with Gasteiger partial charge >= 0.3 is 0 Å². The second-order valence-electron chi connectivity index (χ2n) is 5.79. The van der Waals surface area contributed by atoms with Crippen LogP contribution in [0.5, 0.6) is 0 Å². The number of nitrogens with one attached hydrogen (secondary N) is 2. The Morgan fingerprint density at radius 3 is 2.67 bits per heavy atom. The summed E-state index contributed by atoms with van der Waals surface area (Å²) in [5.41, 5.74) is 1.04. The lowest BCUT2D eigenvalue weighted by atomic mass is 9.99. The van der Waals surface area contributed by atoms with Crippen LogP contribution in [0.25, 0.3) is 0 Å². The lowest BCUT2D eigenvalue weighted by Gasteiger charge is -2.09. The highest BCUT2D eigenvalue weighted by molar-refractivity contribution is 7.11. The van der Waals surface area contributed by atoms with E-state index in [1.54, 1.807) is 11.3 Å². The fourth-order valence-electron chi connectivity index (χ4n) is 2.55. The van der Waals surface area contributed by atoms with Gasteiger partial charge in [0.1, 0.15) is 6.54 Å². The Balaban J connectivity index is 1.95. The molecule has 2 aromatic rings. The van der Waals surface area contributed by atoms with Gasteiger partial charge in [0.05, 0.1) is 12.2 Å². The van der Waals surface area contributed by atoms with Crippen LogP contribution in [0.1, 0.15) is 60.7 Å². The van der Waals surface area contributed by atoms with E-state index in [1.807, 2.05) is 6.07 Å². The Morgan fingerprint density at radius 2 is 2.04 bits per heavy atom. The standard InChI is InChI=1S/C18H28N4OS/c1-5-14(6-2)17-10-15(23-22-17)11-20-18(19-7-3)21-12-16-9-8-13(4)24-16/h8-10,14H,5-7,11-12H2,1-4H3,(H2,19,20,21). The van der Waals surface area contributed by atoms with Crippen molar-refractivity contribution in [2.24, 2.45) is 4.99 Å². The number of aryl methyl sites for hydroxylation is 1. The molecule has 0 atom stereocenters. The van der Waals surface area contributed by atoms with Crippen LogP contribution in [-0.2, 0) is 13.1 Å². The summed E-state index contributed by atoms with van der Waals surface area (Å²) in [6, 6.07) is 6.32. The molecule has 0 radical (unpaired) electrons. The molecular formula is C18H28N4OS. The summed E-state index contributed by atoms with van der Waals surface area (Å²) in [6.45, 7) is 10.6. The molecule has 0 amide bonds. The minimum atomic E-state index is 0.472. The molecule has 6 heteroatoms. The van der Waals surface area contributed by atoms with Crippen molar-refractivity contribution in [1.29, 1.82) is 0 Å². The molecule has 2 heterocycles. The lowest BCUT2D eigenvalue weighted by Crippen LogP contribution is -2.36. The topological polar surface area (TPSA) is 62.5 Å². The fraction of sp³-hybridized carbons (Fsp3) is 0.556. The first kappa shape index (κ1) is 18.5. The zero-order chi connectivity index (χ0) is 17.4. The fourth-order valence-corrected chi connectivity index (χ4v) is 3.38. The van der Waals surface area contributed by atoms with Crippen molar-refractivity contribution in [1.82, 2.24) is 15.8 Å². The summed E-state index contributed by atoms with van der Waals surface area (Å²) >= 11 is 1.80. The molecule has 0 aliphatic carbocycles. The van der Waals surface area contributed by atoms with E-state index >= 15 is 0 Å². The zero-order valence-corrected chi connectivity index (χ0v) is 15.9. The van der Waals surface area contributed by atoms with E-state index in [0.717, 1.165) is 43.3 Å². The highest BCUT2D eigenvalue weighted by atomic mass is 32.1. The summed E-state index contributed by atoms with van der Waals surface area (Å²) in [6.07, 6.45) is 2.16. The van der Waals surface area contributed by atoms with Crippen LogP contribution >= 0.6 is 11.3 Å². The van der Waals surface area contributed by atoms with Gasteiger partial charge in [-0.3, -0.25) is 0 Å². The molecule has 2 aromatic heterocycles. The van der Waals surface area contributed by atoms with Crippen molar-refractivity contribution in [2.45, 2.75) is 59.5 Å². The molecule has 5 nitrogen and oxygen atoms in total. The van der Waals surface area contributed by atoms with Crippen LogP contribution in [0.2, 0.25) is 0 Å². The molecule has 2 N–H and O–H groups in total. The van der Waals surface area contributed by atoms with E-state index in [-0.39, 0.29) is 0 Å². The molecule has 2 rings (SSSR count). The third-order valence-electron chi connectivity index (χ3n) is 3.94. The number of hydrogen-bond acceptors (Lipinski definition) is 4. The maximum Gasteiger partial charge on any atom is 0.191 e. The summed E-state index contributed by atoms with van der Waals surface area (Å²) in [5, 5.41) is 10.8. The second kappa shape index (κ2) is 9.47. The molecule has 0 aromatic carbocycles. The van der Waals surface area contributed by atoms with Gasteiger partial charge in [0.25, 0.3) is 0 Å². The Labute approximate surface area is 148 Å². The Morgan fingerprint density at radius 1 is 1.25 bits per heavy atom. The number of guanidine groups is 1. The van der Waals surface area contributed by atoms with Crippen molar-refractivity contribution in [3.8, 4) is 0 Å². The van der Waals surface area contributed by atoms with Crippen LogP contribution in [0, 0.1) is 6.92 Å². The minimum Gasteiger partial charge on any atom is -0.359 e. The van der Waals surface area contributed by atoms with E-state index in [0.29, 0.717) is 12.5 Å². The number of nitrogens with zero attached hydrogens (tertiary/aromatic N) is 2. The highest BCUT2D eigenvalue weighted by Crippen LogP contribution is 2.22. The maximum atomic E-state index is 5.43. The minimum absolute atomic E-state index is 0.472. The molecule has 0 bridgehead atoms.